The molecule has 0 atom stereocenters. The monoisotopic (exact) mass is 221 g/mol. The Morgan fingerprint density at radius 3 is 3.00 bits per heavy atom. The Labute approximate surface area is 89.6 Å². The summed E-state index contributed by atoms with van der Waals surface area (Å²) in [7, 11) is 0. The number of hydrogen-bond acceptors (Lipinski definition) is 6. The fraction of sp³-hybridized carbons (Fsp3) is 0. The zero-order valence-corrected chi connectivity index (χ0v) is 8.12. The normalized spacial score (nSPS) is 12.4. The summed E-state index contributed by atoms with van der Waals surface area (Å²) >= 11 is 0. The lowest BCUT2D eigenvalue weighted by Crippen LogP contribution is -2.63. The molecule has 2 heterocycles. The van der Waals surface area contributed by atoms with E-state index in [1.807, 2.05) is 0 Å². The minimum atomic E-state index is 0.0709. The molecule has 2 aromatic heterocycles. The van der Waals surface area contributed by atoms with Crippen LogP contribution in [-0.4, -0.2) is 22.4 Å². The van der Waals surface area contributed by atoms with Crippen LogP contribution in [0.4, 0.5) is 5.82 Å². The summed E-state index contributed by atoms with van der Waals surface area (Å²) in [6.07, 6.45) is 3.07. The van der Waals surface area contributed by atoms with Crippen molar-refractivity contribution in [1.29, 1.82) is 0 Å². The van der Waals surface area contributed by atoms with E-state index in [1.165, 1.54) is 6.21 Å². The first-order valence-corrected chi connectivity index (χ1v) is 4.31. The second kappa shape index (κ2) is 4.26. The molecule has 8 nitrogen and oxygen atoms in total. The van der Waals surface area contributed by atoms with Gasteiger partial charge in [-0.3, -0.25) is 0 Å². The summed E-state index contributed by atoms with van der Waals surface area (Å²) < 4.78 is 9.41. The highest BCUT2D eigenvalue weighted by Gasteiger charge is 2.11. The molecule has 0 aliphatic rings. The summed E-state index contributed by atoms with van der Waals surface area (Å²) in [5.41, 5.74) is 11.2. The Morgan fingerprint density at radius 2 is 2.38 bits per heavy atom. The number of anilines is 1. The minimum Gasteiger partial charge on any atom is -0.459 e. The fourth-order valence-electron chi connectivity index (χ4n) is 0.965. The van der Waals surface area contributed by atoms with Crippen molar-refractivity contribution in [3.05, 3.63) is 29.9 Å². The molecule has 82 valence electrons. The third-order valence-electron chi connectivity index (χ3n) is 1.69. The number of rotatable bonds is 3. The van der Waals surface area contributed by atoms with E-state index in [1.54, 1.807) is 18.4 Å². The number of furan rings is 1. The van der Waals surface area contributed by atoms with Crippen molar-refractivity contribution in [3.8, 4) is 0 Å². The molecule has 0 aliphatic carbocycles. The second-order valence-corrected chi connectivity index (χ2v) is 2.78. The fourth-order valence-corrected chi connectivity index (χ4v) is 0.965. The lowest BCUT2D eigenvalue weighted by atomic mass is 10.4. The van der Waals surface area contributed by atoms with Crippen molar-refractivity contribution >= 4 is 17.9 Å². The van der Waals surface area contributed by atoms with E-state index in [-0.39, 0.29) is 17.3 Å². The molecule has 0 unspecified atom stereocenters. The summed E-state index contributed by atoms with van der Waals surface area (Å²) in [5.74, 6) is 0.769. The van der Waals surface area contributed by atoms with Crippen molar-refractivity contribution in [2.24, 2.45) is 10.8 Å². The lowest BCUT2D eigenvalue weighted by Gasteiger charge is -1.86. The van der Waals surface area contributed by atoms with Crippen LogP contribution in [0.1, 0.15) is 11.5 Å². The van der Waals surface area contributed by atoms with Gasteiger partial charge in [0.15, 0.2) is 17.3 Å². The summed E-state index contributed by atoms with van der Waals surface area (Å²) in [6.45, 7) is 0. The number of amidine groups is 1. The van der Waals surface area contributed by atoms with E-state index in [0.29, 0.717) is 5.76 Å². The number of hydrazone groups is 1. The van der Waals surface area contributed by atoms with Crippen molar-refractivity contribution in [2.75, 3.05) is 5.73 Å². The Hall–Kier alpha value is -2.64. The third-order valence-corrected chi connectivity index (χ3v) is 1.69. The summed E-state index contributed by atoms with van der Waals surface area (Å²) in [4.78, 5) is 0. The van der Waals surface area contributed by atoms with Crippen molar-refractivity contribution in [2.45, 2.75) is 0 Å². The standard InChI is InChI=1S/C8H8N6O2/c9-7(6-8(10)14-16-13-6)12-11-4-5-2-1-3-15-5/h1-4H,(H2,9,12)(H2,10,14)/p+1/b11-4+. The Balaban J connectivity index is 2.11. The van der Waals surface area contributed by atoms with E-state index in [0.717, 1.165) is 0 Å². The average molecular weight is 221 g/mol. The van der Waals surface area contributed by atoms with Crippen LogP contribution >= 0.6 is 0 Å². The maximum absolute atomic E-state index is 5.57. The van der Waals surface area contributed by atoms with E-state index < -0.39 is 0 Å². The Morgan fingerprint density at radius 1 is 1.50 bits per heavy atom. The summed E-state index contributed by atoms with van der Waals surface area (Å²) in [6, 6.07) is 3.50. The van der Waals surface area contributed by atoms with Gasteiger partial charge < -0.3 is 15.9 Å². The number of nitrogens with two attached hydrogens (primary N) is 2. The number of nitrogens with one attached hydrogen (secondary N) is 1. The van der Waals surface area contributed by atoms with Crippen LogP contribution in [0.3, 0.4) is 0 Å². The zero-order chi connectivity index (χ0) is 11.4. The molecule has 5 N–H and O–H groups in total. The van der Waals surface area contributed by atoms with Crippen LogP contribution in [0.5, 0.6) is 0 Å². The second-order valence-electron chi connectivity index (χ2n) is 2.78. The molecule has 16 heavy (non-hydrogen) atoms. The molecule has 0 bridgehead atoms. The molecule has 0 fully saturated rings. The zero-order valence-electron chi connectivity index (χ0n) is 8.12. The molecule has 0 aromatic carbocycles. The van der Waals surface area contributed by atoms with Crippen LogP contribution < -0.4 is 16.6 Å². The number of nitrogen functional groups attached to an aromatic ring is 1. The van der Waals surface area contributed by atoms with Gasteiger partial charge in [0.05, 0.1) is 6.26 Å². The van der Waals surface area contributed by atoms with Crippen LogP contribution in [0.2, 0.25) is 0 Å². The van der Waals surface area contributed by atoms with Crippen LogP contribution in [0.25, 0.3) is 0 Å². The first-order valence-electron chi connectivity index (χ1n) is 4.31. The van der Waals surface area contributed by atoms with E-state index >= 15 is 0 Å². The van der Waals surface area contributed by atoms with Gasteiger partial charge in [0, 0.05) is 5.10 Å². The van der Waals surface area contributed by atoms with Gasteiger partial charge in [-0.2, -0.15) is 0 Å². The highest BCUT2D eigenvalue weighted by Crippen LogP contribution is 2.01. The average Bonchev–Trinajstić information content (AvgIpc) is 2.88. The van der Waals surface area contributed by atoms with Gasteiger partial charge >= 0.3 is 0 Å². The molecule has 0 amide bonds. The maximum Gasteiger partial charge on any atom is 0.236 e. The third kappa shape index (κ3) is 2.05. The number of aromatic nitrogens is 2. The van der Waals surface area contributed by atoms with Crippen LogP contribution in [0, 0.1) is 0 Å². The quantitative estimate of drug-likeness (QED) is 0.314. The first kappa shape index (κ1) is 9.90. The molecule has 0 saturated carbocycles. The smallest absolute Gasteiger partial charge is 0.236 e. The van der Waals surface area contributed by atoms with Gasteiger partial charge in [-0.1, -0.05) is 0 Å². The molecule has 2 aromatic rings. The van der Waals surface area contributed by atoms with Crippen molar-refractivity contribution in [1.82, 2.24) is 10.3 Å². The molecule has 8 heteroatoms. The molecule has 2 rings (SSSR count). The molecule has 0 radical (unpaired) electrons. The summed E-state index contributed by atoms with van der Waals surface area (Å²) in [5, 5.41) is 13.2. The molecule has 0 spiro atoms. The van der Waals surface area contributed by atoms with Gasteiger partial charge in [0.2, 0.25) is 12.1 Å². The highest BCUT2D eigenvalue weighted by molar-refractivity contribution is 5.98. The van der Waals surface area contributed by atoms with Crippen LogP contribution in [-0.2, 0) is 0 Å². The maximum atomic E-state index is 5.57. The van der Waals surface area contributed by atoms with E-state index in [4.69, 9.17) is 15.9 Å². The Kier molecular flexibility index (Phi) is 2.63. The predicted octanol–water partition coefficient (Wildman–Crippen LogP) is -1.94. The lowest BCUT2D eigenvalue weighted by molar-refractivity contribution is -0.456. The molecule has 0 aliphatic heterocycles. The van der Waals surface area contributed by atoms with Gasteiger partial charge in [0.25, 0.3) is 0 Å². The SMILES string of the molecule is NC(=N/[NH+]=C/c1ccco1)c1nonc1N. The van der Waals surface area contributed by atoms with Gasteiger partial charge in [0.1, 0.15) is 0 Å². The van der Waals surface area contributed by atoms with E-state index in [2.05, 4.69) is 25.1 Å². The van der Waals surface area contributed by atoms with Crippen LogP contribution in [0.15, 0.2) is 32.5 Å². The Bertz CT molecular complexity index is 512. The van der Waals surface area contributed by atoms with Crippen molar-refractivity contribution in [3.63, 3.8) is 0 Å². The van der Waals surface area contributed by atoms with Gasteiger partial charge in [-0.25, -0.2) is 4.63 Å². The first-order chi connectivity index (χ1) is 7.77. The van der Waals surface area contributed by atoms with Gasteiger partial charge in [-0.15, -0.1) is 5.10 Å². The largest absolute Gasteiger partial charge is 0.459 e. The molecular weight excluding hydrogens is 212 g/mol. The molecule has 0 saturated heterocycles. The van der Waals surface area contributed by atoms with Crippen molar-refractivity contribution < 1.29 is 14.1 Å². The topological polar surface area (TPSA) is 130 Å². The van der Waals surface area contributed by atoms with E-state index in [9.17, 15) is 0 Å². The number of nitrogens with zero attached hydrogens (tertiary/aromatic N) is 3. The molecular formula is C8H9N6O2+. The highest BCUT2D eigenvalue weighted by atomic mass is 16.6. The predicted molar refractivity (Wildman–Crippen MR) is 54.3 cm³/mol. The number of hydrogen-bond donors (Lipinski definition) is 3. The van der Waals surface area contributed by atoms with Gasteiger partial charge in [-0.05, 0) is 22.4 Å². The minimum absolute atomic E-state index is 0.0709.